The van der Waals surface area contributed by atoms with Crippen molar-refractivity contribution in [1.29, 1.82) is 0 Å². The number of halogens is 1. The van der Waals surface area contributed by atoms with E-state index in [2.05, 4.69) is 4.98 Å². The quantitative estimate of drug-likeness (QED) is 0.396. The lowest BCUT2D eigenvalue weighted by atomic mass is 10.0. The van der Waals surface area contributed by atoms with Gasteiger partial charge < -0.3 is 14.4 Å². The summed E-state index contributed by atoms with van der Waals surface area (Å²) in [5.74, 6) is -0.518. The number of ketones is 1. The van der Waals surface area contributed by atoms with E-state index < -0.39 is 11.6 Å². The molecule has 0 bridgehead atoms. The smallest absolute Gasteiger partial charge is 0.164 e. The van der Waals surface area contributed by atoms with E-state index >= 15 is 0 Å². The summed E-state index contributed by atoms with van der Waals surface area (Å²) in [7, 11) is 0. The maximum atomic E-state index is 13.2. The summed E-state index contributed by atoms with van der Waals surface area (Å²) in [6.45, 7) is 0.337. The van der Waals surface area contributed by atoms with Gasteiger partial charge in [0.15, 0.2) is 17.3 Å². The van der Waals surface area contributed by atoms with Crippen molar-refractivity contribution in [3.8, 4) is 17.2 Å². The van der Waals surface area contributed by atoms with Crippen LogP contribution in [0.4, 0.5) is 4.39 Å². The largest absolute Gasteiger partial charge is 0.505 e. The molecule has 4 aromatic rings. The summed E-state index contributed by atoms with van der Waals surface area (Å²) < 4.78 is 21.0. The van der Waals surface area contributed by atoms with Crippen LogP contribution in [0.5, 0.6) is 11.5 Å². The number of ether oxygens (including phenoxy) is 1. The van der Waals surface area contributed by atoms with E-state index in [0.29, 0.717) is 12.2 Å². The molecule has 1 heterocycles. The Hall–Kier alpha value is -4.19. The molecular weight excluding hydrogens is 407 g/mol. The van der Waals surface area contributed by atoms with E-state index in [1.807, 2.05) is 59.3 Å². The molecule has 0 aliphatic heterocycles. The number of rotatable bonds is 8. The van der Waals surface area contributed by atoms with Crippen LogP contribution in [-0.4, -0.2) is 20.4 Å². The molecule has 0 aliphatic carbocycles. The highest BCUT2D eigenvalue weighted by atomic mass is 19.1. The van der Waals surface area contributed by atoms with E-state index in [1.165, 1.54) is 18.2 Å². The summed E-state index contributed by atoms with van der Waals surface area (Å²) in [6, 6.07) is 19.2. The molecule has 1 aromatic heterocycles. The van der Waals surface area contributed by atoms with Gasteiger partial charge in [-0.05, 0) is 59.2 Å². The number of hydrogen-bond donors (Lipinski definition) is 1. The molecule has 5 nitrogen and oxygen atoms in total. The van der Waals surface area contributed by atoms with Crippen molar-refractivity contribution in [2.75, 3.05) is 0 Å². The van der Waals surface area contributed by atoms with Crippen molar-refractivity contribution in [2.45, 2.75) is 13.0 Å². The third-order valence-electron chi connectivity index (χ3n) is 4.95. The Balaban J connectivity index is 1.38. The van der Waals surface area contributed by atoms with E-state index in [1.54, 1.807) is 18.6 Å². The zero-order valence-corrected chi connectivity index (χ0v) is 17.2. The lowest BCUT2D eigenvalue weighted by Gasteiger charge is -2.11. The van der Waals surface area contributed by atoms with Crippen molar-refractivity contribution in [3.05, 3.63) is 114 Å². The number of benzene rings is 3. The van der Waals surface area contributed by atoms with Crippen LogP contribution in [0.25, 0.3) is 11.8 Å². The number of phenols is 1. The molecule has 0 amide bonds. The lowest BCUT2D eigenvalue weighted by Crippen LogP contribution is -2.05. The van der Waals surface area contributed by atoms with Gasteiger partial charge in [-0.25, -0.2) is 9.37 Å². The van der Waals surface area contributed by atoms with Gasteiger partial charge >= 0.3 is 0 Å². The standard InChI is InChI=1S/C26H21FN2O3/c27-25-12-6-19(15-26(25)31)5-9-23(30)16-20-3-1-2-4-21(20)17-32-24-10-7-22(8-11-24)29-14-13-28-18-29/h1-15,18,31H,16-17H2/b9-5+. The summed E-state index contributed by atoms with van der Waals surface area (Å²) in [5.41, 5.74) is 3.33. The summed E-state index contributed by atoms with van der Waals surface area (Å²) in [6.07, 6.45) is 8.53. The fourth-order valence-electron chi connectivity index (χ4n) is 3.23. The fraction of sp³-hybridized carbons (Fsp3) is 0.0769. The molecule has 1 N–H and O–H groups in total. The fourth-order valence-corrected chi connectivity index (χ4v) is 3.23. The molecule has 0 saturated heterocycles. The van der Waals surface area contributed by atoms with Crippen LogP contribution in [0.3, 0.4) is 0 Å². The van der Waals surface area contributed by atoms with Crippen LogP contribution >= 0.6 is 0 Å². The monoisotopic (exact) mass is 428 g/mol. The van der Waals surface area contributed by atoms with Crippen LogP contribution in [-0.2, 0) is 17.8 Å². The first-order valence-corrected chi connectivity index (χ1v) is 10.1. The molecule has 0 fully saturated rings. The highest BCUT2D eigenvalue weighted by molar-refractivity contribution is 5.95. The van der Waals surface area contributed by atoms with Crippen molar-refractivity contribution in [3.63, 3.8) is 0 Å². The number of nitrogens with zero attached hydrogens (tertiary/aromatic N) is 2. The number of allylic oxidation sites excluding steroid dienone is 1. The van der Waals surface area contributed by atoms with Gasteiger partial charge in [0.25, 0.3) is 0 Å². The molecule has 0 radical (unpaired) electrons. The number of phenolic OH excluding ortho intramolecular Hbond substituents is 1. The van der Waals surface area contributed by atoms with Gasteiger partial charge in [-0.1, -0.05) is 36.4 Å². The Morgan fingerprint density at radius 2 is 1.84 bits per heavy atom. The molecule has 4 rings (SSSR count). The summed E-state index contributed by atoms with van der Waals surface area (Å²) in [4.78, 5) is 16.5. The van der Waals surface area contributed by atoms with Gasteiger partial charge in [0, 0.05) is 24.5 Å². The molecule has 160 valence electrons. The van der Waals surface area contributed by atoms with Crippen LogP contribution < -0.4 is 4.74 Å². The Labute approximate surface area is 185 Å². The first-order valence-electron chi connectivity index (χ1n) is 10.1. The normalized spacial score (nSPS) is 11.0. The van der Waals surface area contributed by atoms with Crippen molar-refractivity contribution < 1.29 is 19.0 Å². The summed E-state index contributed by atoms with van der Waals surface area (Å²) in [5, 5.41) is 9.44. The second-order valence-electron chi connectivity index (χ2n) is 7.21. The van der Waals surface area contributed by atoms with Gasteiger partial charge in [0.05, 0.1) is 6.33 Å². The molecule has 0 unspecified atom stereocenters. The minimum Gasteiger partial charge on any atom is -0.505 e. The number of carbonyl (C=O) groups excluding carboxylic acids is 1. The maximum Gasteiger partial charge on any atom is 0.164 e. The zero-order valence-electron chi connectivity index (χ0n) is 17.2. The third-order valence-corrected chi connectivity index (χ3v) is 4.95. The third kappa shape index (κ3) is 5.29. The topological polar surface area (TPSA) is 64.3 Å². The van der Waals surface area contributed by atoms with E-state index in [4.69, 9.17) is 4.74 Å². The van der Waals surface area contributed by atoms with Gasteiger partial charge in [0.2, 0.25) is 0 Å². The maximum absolute atomic E-state index is 13.2. The van der Waals surface area contributed by atoms with Crippen LogP contribution in [0.2, 0.25) is 0 Å². The van der Waals surface area contributed by atoms with Crippen LogP contribution in [0.15, 0.2) is 91.5 Å². The average molecular weight is 428 g/mol. The predicted octanol–water partition coefficient (Wildman–Crippen LogP) is 5.12. The molecule has 0 saturated carbocycles. The number of imidazole rings is 1. The molecule has 0 aliphatic rings. The van der Waals surface area contributed by atoms with Crippen LogP contribution in [0.1, 0.15) is 16.7 Å². The average Bonchev–Trinajstić information content (AvgIpc) is 3.35. The molecule has 3 aromatic carbocycles. The SMILES string of the molecule is O=C(/C=C/c1ccc(F)c(O)c1)Cc1ccccc1COc1ccc(-n2ccnc2)cc1. The lowest BCUT2D eigenvalue weighted by molar-refractivity contribution is -0.113. The van der Waals surface area contributed by atoms with Gasteiger partial charge in [-0.15, -0.1) is 0 Å². The van der Waals surface area contributed by atoms with E-state index in [9.17, 15) is 14.3 Å². The molecular formula is C26H21FN2O3. The second-order valence-corrected chi connectivity index (χ2v) is 7.21. The second kappa shape index (κ2) is 9.75. The Morgan fingerprint density at radius 1 is 1.06 bits per heavy atom. The van der Waals surface area contributed by atoms with E-state index in [0.717, 1.165) is 28.6 Å². The van der Waals surface area contributed by atoms with E-state index in [-0.39, 0.29) is 12.2 Å². The Morgan fingerprint density at radius 3 is 2.56 bits per heavy atom. The van der Waals surface area contributed by atoms with Crippen LogP contribution in [0, 0.1) is 5.82 Å². The highest BCUT2D eigenvalue weighted by Crippen LogP contribution is 2.20. The number of aromatic hydroxyl groups is 1. The van der Waals surface area contributed by atoms with Gasteiger partial charge in [-0.3, -0.25) is 4.79 Å². The number of carbonyl (C=O) groups is 1. The molecule has 0 spiro atoms. The molecule has 0 atom stereocenters. The highest BCUT2D eigenvalue weighted by Gasteiger charge is 2.07. The van der Waals surface area contributed by atoms with Crippen molar-refractivity contribution in [1.82, 2.24) is 9.55 Å². The first kappa shape index (κ1) is 21.1. The van der Waals surface area contributed by atoms with Gasteiger partial charge in [0.1, 0.15) is 12.4 Å². The van der Waals surface area contributed by atoms with Crippen molar-refractivity contribution >= 4 is 11.9 Å². The number of hydrogen-bond acceptors (Lipinski definition) is 4. The minimum atomic E-state index is -0.696. The molecule has 6 heteroatoms. The first-order chi connectivity index (χ1) is 15.6. The zero-order chi connectivity index (χ0) is 22.3. The Kier molecular flexibility index (Phi) is 6.41. The summed E-state index contributed by atoms with van der Waals surface area (Å²) >= 11 is 0. The molecule has 32 heavy (non-hydrogen) atoms. The Bertz CT molecular complexity index is 1230. The van der Waals surface area contributed by atoms with Crippen molar-refractivity contribution in [2.24, 2.45) is 0 Å². The minimum absolute atomic E-state index is 0.106. The predicted molar refractivity (Wildman–Crippen MR) is 120 cm³/mol. The van der Waals surface area contributed by atoms with Gasteiger partial charge in [-0.2, -0.15) is 0 Å². The number of aromatic nitrogens is 2.